The van der Waals surface area contributed by atoms with E-state index < -0.39 is 26.7 Å². The van der Waals surface area contributed by atoms with Crippen molar-refractivity contribution in [3.8, 4) is 0 Å². The Bertz CT molecular complexity index is 643. The molecule has 0 unspecified atom stereocenters. The van der Waals surface area contributed by atoms with Crippen LogP contribution in [0.4, 0.5) is 4.39 Å². The highest BCUT2D eigenvalue weighted by molar-refractivity contribution is 7.51. The summed E-state index contributed by atoms with van der Waals surface area (Å²) in [6.45, 7) is 0.905. The van der Waals surface area contributed by atoms with Crippen LogP contribution in [0.15, 0.2) is 12.5 Å². The first-order valence-corrected chi connectivity index (χ1v) is 7.57. The molecule has 2 rings (SSSR count). The minimum absolute atomic E-state index is 0.105. The smallest absolute Gasteiger partial charge is 0.350 e. The van der Waals surface area contributed by atoms with Gasteiger partial charge in [-0.1, -0.05) is 0 Å². The summed E-state index contributed by atoms with van der Waals surface area (Å²) in [7, 11) is -4.32. The number of aryl methyl sites for hydroxylation is 1. The summed E-state index contributed by atoms with van der Waals surface area (Å²) in [6.07, 6.45) is 1.20. The lowest BCUT2D eigenvalue weighted by molar-refractivity contribution is 0.0552. The van der Waals surface area contributed by atoms with Crippen LogP contribution in [0.1, 0.15) is 11.4 Å². The van der Waals surface area contributed by atoms with Gasteiger partial charge in [0.15, 0.2) is 5.65 Å². The van der Waals surface area contributed by atoms with Gasteiger partial charge in [-0.05, 0) is 6.92 Å². The lowest BCUT2D eigenvalue weighted by Crippen LogP contribution is -2.20. The van der Waals surface area contributed by atoms with Crippen molar-refractivity contribution in [3.05, 3.63) is 23.9 Å². The minimum Gasteiger partial charge on any atom is -0.362 e. The molecule has 0 aliphatic heterocycles. The molecule has 10 heteroatoms. The van der Waals surface area contributed by atoms with Crippen LogP contribution in [-0.4, -0.2) is 48.5 Å². The predicted octanol–water partition coefficient (Wildman–Crippen LogP) is 0.465. The molecule has 0 saturated heterocycles. The molecule has 1 atom stereocenters. The first-order chi connectivity index (χ1) is 9.40. The molecule has 2 aromatic rings. The lowest BCUT2D eigenvalue weighted by atomic mass is 10.2. The van der Waals surface area contributed by atoms with Crippen molar-refractivity contribution in [3.63, 3.8) is 0 Å². The average molecular weight is 304 g/mol. The standard InChI is InChI=1S/C10H14FN4O4P/c1-7-10-12-4-8(15(10)14-5-13-7)2-9(3-11)19-6-20(16,17)18/h4-5,9H,2-3,6H2,1H3,(H2,16,17,18)/t9-/m0/s1. The maximum atomic E-state index is 12.9. The number of ether oxygens (including phenoxy) is 1. The zero-order chi connectivity index (χ0) is 14.8. The van der Waals surface area contributed by atoms with E-state index in [2.05, 4.69) is 15.1 Å². The molecular weight excluding hydrogens is 290 g/mol. The Balaban J connectivity index is 2.14. The van der Waals surface area contributed by atoms with E-state index in [0.717, 1.165) is 0 Å². The number of hydrogen-bond donors (Lipinski definition) is 2. The minimum atomic E-state index is -4.32. The van der Waals surface area contributed by atoms with Crippen molar-refractivity contribution in [2.45, 2.75) is 19.4 Å². The topological polar surface area (TPSA) is 110 Å². The monoisotopic (exact) mass is 304 g/mol. The number of imidazole rings is 1. The third-order valence-corrected chi connectivity index (χ3v) is 3.12. The lowest BCUT2D eigenvalue weighted by Gasteiger charge is -2.14. The molecule has 8 nitrogen and oxygen atoms in total. The summed E-state index contributed by atoms with van der Waals surface area (Å²) < 4.78 is 30.0. The number of nitrogens with zero attached hydrogens (tertiary/aromatic N) is 4. The molecule has 0 aliphatic carbocycles. The van der Waals surface area contributed by atoms with Crippen LogP contribution in [0.2, 0.25) is 0 Å². The van der Waals surface area contributed by atoms with Crippen LogP contribution in [0.5, 0.6) is 0 Å². The van der Waals surface area contributed by atoms with Gasteiger partial charge in [0.1, 0.15) is 19.3 Å². The van der Waals surface area contributed by atoms with Crippen LogP contribution < -0.4 is 0 Å². The molecule has 20 heavy (non-hydrogen) atoms. The van der Waals surface area contributed by atoms with E-state index in [9.17, 15) is 8.96 Å². The van der Waals surface area contributed by atoms with Crippen molar-refractivity contribution in [1.29, 1.82) is 0 Å². The first kappa shape index (κ1) is 15.0. The second-order valence-electron chi connectivity index (χ2n) is 4.27. The second kappa shape index (κ2) is 5.92. The van der Waals surface area contributed by atoms with Gasteiger partial charge in [-0.15, -0.1) is 0 Å². The number of rotatable bonds is 6. The molecule has 0 aromatic carbocycles. The fourth-order valence-electron chi connectivity index (χ4n) is 1.71. The van der Waals surface area contributed by atoms with Crippen LogP contribution in [0.3, 0.4) is 0 Å². The zero-order valence-corrected chi connectivity index (χ0v) is 11.6. The third kappa shape index (κ3) is 3.57. The Kier molecular flexibility index (Phi) is 4.44. The molecule has 0 bridgehead atoms. The van der Waals surface area contributed by atoms with E-state index in [1.54, 1.807) is 6.92 Å². The Morgan fingerprint density at radius 3 is 2.90 bits per heavy atom. The molecule has 0 fully saturated rings. The third-order valence-electron chi connectivity index (χ3n) is 2.64. The van der Waals surface area contributed by atoms with Gasteiger partial charge in [0, 0.05) is 6.42 Å². The summed E-state index contributed by atoms with van der Waals surface area (Å²) in [5.74, 6) is 0. The normalized spacial score (nSPS) is 13.8. The SMILES string of the molecule is Cc1ncnn2c(C[C@@H](CF)OCP(=O)(O)O)cnc12. The average Bonchev–Trinajstić information content (AvgIpc) is 2.78. The highest BCUT2D eigenvalue weighted by Gasteiger charge is 2.20. The van der Waals surface area contributed by atoms with Gasteiger partial charge in [0.25, 0.3) is 0 Å². The van der Waals surface area contributed by atoms with Gasteiger partial charge >= 0.3 is 7.60 Å². The van der Waals surface area contributed by atoms with Crippen molar-refractivity contribution < 1.29 is 23.5 Å². The molecule has 0 saturated carbocycles. The van der Waals surface area contributed by atoms with E-state index in [-0.39, 0.29) is 6.42 Å². The Hall–Kier alpha value is -1.41. The van der Waals surface area contributed by atoms with Gasteiger partial charge in [-0.2, -0.15) is 5.10 Å². The maximum Gasteiger partial charge on any atom is 0.350 e. The van der Waals surface area contributed by atoms with Crippen LogP contribution >= 0.6 is 7.60 Å². The first-order valence-electron chi connectivity index (χ1n) is 5.77. The molecule has 0 radical (unpaired) electrons. The van der Waals surface area contributed by atoms with Crippen molar-refractivity contribution in [2.24, 2.45) is 0 Å². The van der Waals surface area contributed by atoms with E-state index in [0.29, 0.717) is 17.0 Å². The van der Waals surface area contributed by atoms with E-state index >= 15 is 0 Å². The summed E-state index contributed by atoms with van der Waals surface area (Å²) in [4.78, 5) is 25.6. The Morgan fingerprint density at radius 1 is 1.50 bits per heavy atom. The molecule has 110 valence electrons. The summed E-state index contributed by atoms with van der Waals surface area (Å²) in [6, 6.07) is 0. The van der Waals surface area contributed by atoms with Gasteiger partial charge in [0.05, 0.1) is 23.7 Å². The number of alkyl halides is 1. The summed E-state index contributed by atoms with van der Waals surface area (Å²) in [5.41, 5.74) is 1.81. The Morgan fingerprint density at radius 2 is 2.25 bits per heavy atom. The second-order valence-corrected chi connectivity index (χ2v) is 5.86. The number of halogens is 1. The van der Waals surface area contributed by atoms with Crippen LogP contribution in [0, 0.1) is 6.92 Å². The van der Waals surface area contributed by atoms with E-state index in [1.807, 2.05) is 0 Å². The molecular formula is C10H14FN4O4P. The summed E-state index contributed by atoms with van der Waals surface area (Å²) >= 11 is 0. The predicted molar refractivity (Wildman–Crippen MR) is 67.0 cm³/mol. The molecule has 0 amide bonds. The summed E-state index contributed by atoms with van der Waals surface area (Å²) in [5, 5.41) is 4.01. The Labute approximate surface area is 113 Å². The van der Waals surface area contributed by atoms with E-state index in [4.69, 9.17) is 14.5 Å². The van der Waals surface area contributed by atoms with Gasteiger partial charge < -0.3 is 14.5 Å². The quantitative estimate of drug-likeness (QED) is 0.746. The molecule has 0 aliphatic rings. The number of aromatic nitrogens is 4. The van der Waals surface area contributed by atoms with Gasteiger partial charge in [0.2, 0.25) is 0 Å². The molecule has 2 aromatic heterocycles. The van der Waals surface area contributed by atoms with E-state index in [1.165, 1.54) is 17.0 Å². The molecule has 0 spiro atoms. The van der Waals surface area contributed by atoms with Crippen molar-refractivity contribution in [1.82, 2.24) is 19.6 Å². The van der Waals surface area contributed by atoms with Gasteiger partial charge in [-0.3, -0.25) is 4.57 Å². The van der Waals surface area contributed by atoms with Crippen LogP contribution in [0.25, 0.3) is 5.65 Å². The maximum absolute atomic E-state index is 12.9. The fraction of sp³-hybridized carbons (Fsp3) is 0.500. The number of fused-ring (bicyclic) bond motifs is 1. The fourth-order valence-corrected chi connectivity index (χ4v) is 2.12. The molecule has 2 heterocycles. The highest BCUT2D eigenvalue weighted by Crippen LogP contribution is 2.34. The number of hydrogen-bond acceptors (Lipinski definition) is 5. The van der Waals surface area contributed by atoms with Crippen molar-refractivity contribution in [2.75, 3.05) is 13.0 Å². The van der Waals surface area contributed by atoms with Crippen molar-refractivity contribution >= 4 is 13.2 Å². The largest absolute Gasteiger partial charge is 0.362 e. The van der Waals surface area contributed by atoms with Crippen LogP contribution in [-0.2, 0) is 15.7 Å². The zero-order valence-electron chi connectivity index (χ0n) is 10.7. The molecule has 2 N–H and O–H groups in total. The highest BCUT2D eigenvalue weighted by atomic mass is 31.2. The van der Waals surface area contributed by atoms with Gasteiger partial charge in [-0.25, -0.2) is 18.9 Å².